The van der Waals surface area contributed by atoms with Gasteiger partial charge < -0.3 is 9.64 Å². The van der Waals surface area contributed by atoms with Gasteiger partial charge in [-0.05, 0) is 30.9 Å². The van der Waals surface area contributed by atoms with E-state index in [9.17, 15) is 19.2 Å². The molecular formula is C21H24N4O5. The van der Waals surface area contributed by atoms with Gasteiger partial charge >= 0.3 is 0 Å². The molecule has 158 valence electrons. The average Bonchev–Trinajstić information content (AvgIpc) is 3.08. The third kappa shape index (κ3) is 3.92. The minimum absolute atomic E-state index is 0.0905. The molecule has 1 aromatic heterocycles. The molecule has 30 heavy (non-hydrogen) atoms. The summed E-state index contributed by atoms with van der Waals surface area (Å²) in [6.45, 7) is 1.47. The van der Waals surface area contributed by atoms with E-state index in [1.165, 1.54) is 0 Å². The van der Waals surface area contributed by atoms with Crippen LogP contribution in [0, 0.1) is 5.92 Å². The van der Waals surface area contributed by atoms with Crippen LogP contribution in [0.5, 0.6) is 5.75 Å². The number of carbonyl (C=O) groups is 3. The highest BCUT2D eigenvalue weighted by atomic mass is 16.5. The number of fused-ring (bicyclic) bond motifs is 1. The van der Waals surface area contributed by atoms with Gasteiger partial charge in [0, 0.05) is 38.5 Å². The van der Waals surface area contributed by atoms with Gasteiger partial charge in [0.25, 0.3) is 5.56 Å². The van der Waals surface area contributed by atoms with Crippen LogP contribution in [0.4, 0.5) is 0 Å². The van der Waals surface area contributed by atoms with E-state index in [0.717, 1.165) is 17.7 Å². The fourth-order valence-electron chi connectivity index (χ4n) is 4.07. The molecule has 4 rings (SSSR count). The Bertz CT molecular complexity index is 1040. The summed E-state index contributed by atoms with van der Waals surface area (Å²) in [5.41, 5.74) is 0.509. The lowest BCUT2D eigenvalue weighted by atomic mass is 9.96. The van der Waals surface area contributed by atoms with Crippen LogP contribution in [0.2, 0.25) is 0 Å². The highest BCUT2D eigenvalue weighted by Gasteiger charge is 2.32. The van der Waals surface area contributed by atoms with E-state index in [-0.39, 0.29) is 48.6 Å². The predicted octanol–water partition coefficient (Wildman–Crippen LogP) is 0.793. The topological polar surface area (TPSA) is 102 Å². The number of methoxy groups -OCH3 is 1. The Hall–Kier alpha value is -3.23. The van der Waals surface area contributed by atoms with Crippen molar-refractivity contribution in [2.24, 2.45) is 5.92 Å². The second kappa shape index (κ2) is 8.25. The van der Waals surface area contributed by atoms with Crippen molar-refractivity contribution < 1.29 is 19.1 Å². The molecule has 0 bridgehead atoms. The zero-order valence-electron chi connectivity index (χ0n) is 16.9. The van der Waals surface area contributed by atoms with Gasteiger partial charge in [0.2, 0.25) is 17.7 Å². The quantitative estimate of drug-likeness (QED) is 0.673. The zero-order chi connectivity index (χ0) is 21.3. The molecule has 2 aliphatic rings. The highest BCUT2D eigenvalue weighted by Crippen LogP contribution is 2.21. The molecule has 0 N–H and O–H groups in total. The molecule has 9 heteroatoms. The number of amides is 3. The van der Waals surface area contributed by atoms with Gasteiger partial charge in [0.1, 0.15) is 12.3 Å². The number of rotatable bonds is 5. The largest absolute Gasteiger partial charge is 0.497 e. The molecule has 0 saturated carbocycles. The number of carbonyl (C=O) groups excluding carboxylic acids is 3. The van der Waals surface area contributed by atoms with Crippen molar-refractivity contribution in [2.45, 2.75) is 32.2 Å². The lowest BCUT2D eigenvalue weighted by molar-refractivity contribution is -0.146. The maximum Gasteiger partial charge on any atom is 0.261 e. The summed E-state index contributed by atoms with van der Waals surface area (Å²) in [4.78, 5) is 55.8. The lowest BCUT2D eigenvalue weighted by Gasteiger charge is -2.33. The van der Waals surface area contributed by atoms with Crippen molar-refractivity contribution in [3.63, 3.8) is 0 Å². The van der Waals surface area contributed by atoms with E-state index in [1.807, 2.05) is 0 Å². The molecule has 3 heterocycles. The standard InChI is InChI=1S/C21H24N4O5/c1-30-15-2-3-16-17(10-15)22-13-24(21(16)29)11-14-6-8-23(9-7-14)20(28)12-25-18(26)4-5-19(25)27/h2-3,10,13-14H,4-9,11-12H2,1H3. The van der Waals surface area contributed by atoms with Gasteiger partial charge in [-0.3, -0.25) is 28.6 Å². The van der Waals surface area contributed by atoms with Gasteiger partial charge in [-0.25, -0.2) is 4.98 Å². The number of nitrogens with zero attached hydrogens (tertiary/aromatic N) is 4. The second-order valence-electron chi connectivity index (χ2n) is 7.78. The first-order chi connectivity index (χ1) is 14.5. The predicted molar refractivity (Wildman–Crippen MR) is 108 cm³/mol. The van der Waals surface area contributed by atoms with Crippen LogP contribution in [-0.4, -0.2) is 63.8 Å². The lowest BCUT2D eigenvalue weighted by Crippen LogP contribution is -2.46. The molecule has 0 spiro atoms. The van der Waals surface area contributed by atoms with E-state index >= 15 is 0 Å². The van der Waals surface area contributed by atoms with Crippen LogP contribution in [0.15, 0.2) is 29.3 Å². The first kappa shape index (κ1) is 20.1. The fraction of sp³-hybridized carbons (Fsp3) is 0.476. The molecule has 2 fully saturated rings. The average molecular weight is 412 g/mol. The van der Waals surface area contributed by atoms with Crippen LogP contribution in [0.3, 0.4) is 0 Å². The Kier molecular flexibility index (Phi) is 5.52. The fourth-order valence-corrected chi connectivity index (χ4v) is 4.07. The van der Waals surface area contributed by atoms with Crippen LogP contribution in [-0.2, 0) is 20.9 Å². The Morgan fingerprint density at radius 2 is 1.83 bits per heavy atom. The smallest absolute Gasteiger partial charge is 0.261 e. The number of piperidine rings is 1. The number of hydrogen-bond donors (Lipinski definition) is 0. The zero-order valence-corrected chi connectivity index (χ0v) is 16.9. The highest BCUT2D eigenvalue weighted by molar-refractivity contribution is 6.04. The minimum Gasteiger partial charge on any atom is -0.497 e. The van der Waals surface area contributed by atoms with Gasteiger partial charge in [-0.2, -0.15) is 0 Å². The van der Waals surface area contributed by atoms with E-state index in [2.05, 4.69) is 4.98 Å². The van der Waals surface area contributed by atoms with Crippen molar-refractivity contribution >= 4 is 28.6 Å². The van der Waals surface area contributed by atoms with Crippen LogP contribution in [0.1, 0.15) is 25.7 Å². The number of imide groups is 1. The van der Waals surface area contributed by atoms with E-state index in [1.54, 1.807) is 41.1 Å². The summed E-state index contributed by atoms with van der Waals surface area (Å²) in [5.74, 6) is 0.157. The summed E-state index contributed by atoms with van der Waals surface area (Å²) >= 11 is 0. The molecule has 1 aromatic carbocycles. The van der Waals surface area contributed by atoms with Crippen molar-refractivity contribution in [3.05, 3.63) is 34.9 Å². The van der Waals surface area contributed by atoms with Crippen LogP contribution >= 0.6 is 0 Å². The number of hydrogen-bond acceptors (Lipinski definition) is 6. The number of aromatic nitrogens is 2. The van der Waals surface area contributed by atoms with Gasteiger partial charge in [-0.15, -0.1) is 0 Å². The second-order valence-corrected chi connectivity index (χ2v) is 7.78. The van der Waals surface area contributed by atoms with Crippen LogP contribution < -0.4 is 10.3 Å². The summed E-state index contributed by atoms with van der Waals surface area (Å²) in [6, 6.07) is 5.21. The first-order valence-electron chi connectivity index (χ1n) is 10.1. The molecule has 0 atom stereocenters. The van der Waals surface area contributed by atoms with E-state index in [4.69, 9.17) is 4.74 Å². The summed E-state index contributed by atoms with van der Waals surface area (Å²) in [7, 11) is 1.57. The van der Waals surface area contributed by atoms with Crippen molar-refractivity contribution in [2.75, 3.05) is 26.7 Å². The van der Waals surface area contributed by atoms with E-state index in [0.29, 0.717) is 36.3 Å². The molecule has 2 aromatic rings. The first-order valence-corrected chi connectivity index (χ1v) is 10.1. The SMILES string of the molecule is COc1ccc2c(=O)n(CC3CCN(C(=O)CN4C(=O)CCC4=O)CC3)cnc2c1. The van der Waals surface area contributed by atoms with Crippen molar-refractivity contribution in [1.82, 2.24) is 19.4 Å². The molecule has 2 aliphatic heterocycles. The van der Waals surface area contributed by atoms with Gasteiger partial charge in [0.05, 0.1) is 24.3 Å². The van der Waals surface area contributed by atoms with Crippen LogP contribution in [0.25, 0.3) is 10.9 Å². The Morgan fingerprint density at radius 1 is 1.13 bits per heavy atom. The van der Waals surface area contributed by atoms with E-state index < -0.39 is 0 Å². The summed E-state index contributed by atoms with van der Waals surface area (Å²) in [6.07, 6.45) is 3.44. The molecule has 0 radical (unpaired) electrons. The van der Waals surface area contributed by atoms with Gasteiger partial charge in [-0.1, -0.05) is 0 Å². The van der Waals surface area contributed by atoms with Crippen molar-refractivity contribution in [3.8, 4) is 5.75 Å². The number of likely N-dealkylation sites (tertiary alicyclic amines) is 2. The molecule has 0 unspecified atom stereocenters. The summed E-state index contributed by atoms with van der Waals surface area (Å²) < 4.78 is 6.80. The normalized spacial score (nSPS) is 17.8. The Morgan fingerprint density at radius 3 is 2.50 bits per heavy atom. The molecule has 0 aliphatic carbocycles. The number of benzene rings is 1. The third-order valence-corrected chi connectivity index (χ3v) is 5.90. The molecule has 9 nitrogen and oxygen atoms in total. The molecular weight excluding hydrogens is 388 g/mol. The minimum atomic E-state index is -0.274. The third-order valence-electron chi connectivity index (χ3n) is 5.90. The monoisotopic (exact) mass is 412 g/mol. The number of ether oxygens (including phenoxy) is 1. The summed E-state index contributed by atoms with van der Waals surface area (Å²) in [5, 5.41) is 0.547. The molecule has 2 saturated heterocycles. The maximum atomic E-state index is 12.8. The Balaban J connectivity index is 1.36. The Labute approximate surface area is 173 Å². The molecule has 3 amide bonds. The van der Waals surface area contributed by atoms with Crippen molar-refractivity contribution in [1.29, 1.82) is 0 Å². The van der Waals surface area contributed by atoms with Gasteiger partial charge in [0.15, 0.2) is 0 Å². The maximum absolute atomic E-state index is 12.8.